The van der Waals surface area contributed by atoms with Crippen molar-refractivity contribution in [3.8, 4) is 0 Å². The second kappa shape index (κ2) is 5.17. The van der Waals surface area contributed by atoms with Crippen LogP contribution in [-0.2, 0) is 19.3 Å². The van der Waals surface area contributed by atoms with Gasteiger partial charge in [0.25, 0.3) is 0 Å². The van der Waals surface area contributed by atoms with Gasteiger partial charge in [0.15, 0.2) is 0 Å². The quantitative estimate of drug-likeness (QED) is 0.900. The molecule has 102 valence electrons. The van der Waals surface area contributed by atoms with Gasteiger partial charge in [0.1, 0.15) is 0 Å². The second-order valence-corrected chi connectivity index (χ2v) is 7.11. The highest BCUT2D eigenvalue weighted by Crippen LogP contribution is 2.36. The van der Waals surface area contributed by atoms with Crippen molar-refractivity contribution in [2.24, 2.45) is 0 Å². The van der Waals surface area contributed by atoms with Crippen LogP contribution in [0.2, 0.25) is 0 Å². The zero-order valence-electron chi connectivity index (χ0n) is 11.6. The summed E-state index contributed by atoms with van der Waals surface area (Å²) in [6, 6.07) is 15.7. The van der Waals surface area contributed by atoms with Crippen LogP contribution < -0.4 is 5.32 Å². The number of anilines is 1. The molecule has 1 nitrogen and oxygen atoms in total. The van der Waals surface area contributed by atoms with Gasteiger partial charge in [-0.2, -0.15) is 0 Å². The summed E-state index contributed by atoms with van der Waals surface area (Å²) in [5.74, 6) is 0. The van der Waals surface area contributed by atoms with Crippen molar-refractivity contribution in [1.82, 2.24) is 0 Å². The summed E-state index contributed by atoms with van der Waals surface area (Å²) in [4.78, 5) is 1.47. The smallest absolute Gasteiger partial charge is 0.0343 e. The van der Waals surface area contributed by atoms with E-state index >= 15 is 0 Å². The van der Waals surface area contributed by atoms with Gasteiger partial charge >= 0.3 is 0 Å². The average Bonchev–Trinajstić information content (AvgIpc) is 3.10. The van der Waals surface area contributed by atoms with E-state index in [0.29, 0.717) is 5.25 Å². The van der Waals surface area contributed by atoms with Crippen molar-refractivity contribution < 1.29 is 0 Å². The molecule has 1 atom stereocenters. The average molecular weight is 281 g/mol. The zero-order chi connectivity index (χ0) is 13.4. The van der Waals surface area contributed by atoms with E-state index in [1.807, 2.05) is 11.8 Å². The molecule has 1 aliphatic carbocycles. The molecular weight excluding hydrogens is 262 g/mol. The van der Waals surface area contributed by atoms with Gasteiger partial charge in [0.2, 0.25) is 0 Å². The molecule has 0 saturated carbocycles. The summed E-state index contributed by atoms with van der Waals surface area (Å²) in [6.45, 7) is 1.05. The largest absolute Gasteiger partial charge is 0.384 e. The van der Waals surface area contributed by atoms with Crippen molar-refractivity contribution in [2.45, 2.75) is 35.8 Å². The highest BCUT2D eigenvalue weighted by Gasteiger charge is 2.21. The molecule has 2 heteroatoms. The van der Waals surface area contributed by atoms with Crippen LogP contribution in [0.5, 0.6) is 0 Å². The molecule has 1 unspecified atom stereocenters. The molecule has 0 spiro atoms. The number of hydrogen-bond acceptors (Lipinski definition) is 2. The van der Waals surface area contributed by atoms with Crippen molar-refractivity contribution in [3.05, 3.63) is 59.2 Å². The van der Waals surface area contributed by atoms with Crippen LogP contribution in [0.25, 0.3) is 0 Å². The first-order valence-electron chi connectivity index (χ1n) is 7.49. The van der Waals surface area contributed by atoms with Crippen LogP contribution in [0.15, 0.2) is 47.4 Å². The van der Waals surface area contributed by atoms with Crippen molar-refractivity contribution in [3.63, 3.8) is 0 Å². The molecule has 2 aliphatic rings. The maximum Gasteiger partial charge on any atom is 0.0343 e. The van der Waals surface area contributed by atoms with E-state index in [0.717, 1.165) is 6.54 Å². The number of fused-ring (bicyclic) bond motifs is 2. The Labute approximate surface area is 124 Å². The topological polar surface area (TPSA) is 12.0 Å². The molecule has 2 aromatic carbocycles. The van der Waals surface area contributed by atoms with Gasteiger partial charge in [-0.1, -0.05) is 24.3 Å². The van der Waals surface area contributed by atoms with Crippen molar-refractivity contribution in [1.29, 1.82) is 0 Å². The number of nitrogens with one attached hydrogen (secondary N) is 1. The number of rotatable bonds is 3. The monoisotopic (exact) mass is 281 g/mol. The summed E-state index contributed by atoms with van der Waals surface area (Å²) >= 11 is 2.02. The lowest BCUT2D eigenvalue weighted by molar-refractivity contribution is 0.898. The molecule has 0 radical (unpaired) electrons. The maximum atomic E-state index is 3.63. The maximum absolute atomic E-state index is 3.63. The van der Waals surface area contributed by atoms with Crippen molar-refractivity contribution in [2.75, 3.05) is 11.9 Å². The summed E-state index contributed by atoms with van der Waals surface area (Å²) in [7, 11) is 0. The Morgan fingerprint density at radius 1 is 1.00 bits per heavy atom. The molecule has 0 fully saturated rings. The lowest BCUT2D eigenvalue weighted by Crippen LogP contribution is -2.15. The van der Waals surface area contributed by atoms with Crippen LogP contribution >= 0.6 is 11.8 Å². The number of hydrogen-bond donors (Lipinski definition) is 1. The summed E-state index contributed by atoms with van der Waals surface area (Å²) in [6.07, 6.45) is 5.04. The fraction of sp³-hybridized carbons (Fsp3) is 0.333. The predicted octanol–water partition coefficient (Wildman–Crippen LogP) is 4.30. The molecule has 2 aromatic rings. The van der Waals surface area contributed by atoms with Crippen molar-refractivity contribution >= 4 is 17.4 Å². The first-order valence-corrected chi connectivity index (χ1v) is 8.37. The minimum absolute atomic E-state index is 0.667. The lowest BCUT2D eigenvalue weighted by Gasteiger charge is -2.12. The Morgan fingerprint density at radius 2 is 1.90 bits per heavy atom. The van der Waals surface area contributed by atoms with Gasteiger partial charge in [-0.15, -0.1) is 11.8 Å². The van der Waals surface area contributed by atoms with Crippen LogP contribution in [0, 0.1) is 0 Å². The minimum Gasteiger partial charge on any atom is -0.384 e. The van der Waals surface area contributed by atoms with Gasteiger partial charge < -0.3 is 5.32 Å². The standard InChI is InChI=1S/C18H19NS/c1-2-7-18-15(4-1)11-17(20-18)12-19-16-9-8-13-5-3-6-14(13)10-16/h1-2,4,7-10,17,19H,3,5-6,11-12H2. The third kappa shape index (κ3) is 2.33. The fourth-order valence-electron chi connectivity index (χ4n) is 3.28. The molecule has 20 heavy (non-hydrogen) atoms. The fourth-order valence-corrected chi connectivity index (χ4v) is 4.53. The summed E-state index contributed by atoms with van der Waals surface area (Å²) in [5.41, 5.74) is 5.91. The third-order valence-electron chi connectivity index (χ3n) is 4.35. The van der Waals surface area contributed by atoms with Crippen LogP contribution in [-0.4, -0.2) is 11.8 Å². The van der Waals surface area contributed by atoms with E-state index in [4.69, 9.17) is 0 Å². The van der Waals surface area contributed by atoms with Crippen LogP contribution in [0.1, 0.15) is 23.1 Å². The summed E-state index contributed by atoms with van der Waals surface area (Å²) < 4.78 is 0. The van der Waals surface area contributed by atoms with Gasteiger partial charge in [-0.25, -0.2) is 0 Å². The lowest BCUT2D eigenvalue weighted by atomic mass is 10.1. The van der Waals surface area contributed by atoms with E-state index in [9.17, 15) is 0 Å². The van der Waals surface area contributed by atoms with E-state index in [2.05, 4.69) is 47.8 Å². The molecule has 1 aliphatic heterocycles. The normalized spacial score (nSPS) is 19.7. The number of thioether (sulfide) groups is 1. The Balaban J connectivity index is 1.40. The molecule has 0 aromatic heterocycles. The first-order chi connectivity index (χ1) is 9.88. The Bertz CT molecular complexity index is 610. The molecule has 1 N–H and O–H groups in total. The predicted molar refractivity (Wildman–Crippen MR) is 86.7 cm³/mol. The van der Waals surface area contributed by atoms with Gasteiger partial charge in [-0.3, -0.25) is 0 Å². The Kier molecular flexibility index (Phi) is 3.19. The van der Waals surface area contributed by atoms with Crippen LogP contribution in [0.4, 0.5) is 5.69 Å². The Hall–Kier alpha value is -1.41. The van der Waals surface area contributed by atoms with Gasteiger partial charge in [0.05, 0.1) is 0 Å². The van der Waals surface area contributed by atoms with E-state index in [-0.39, 0.29) is 0 Å². The molecule has 0 saturated heterocycles. The van der Waals surface area contributed by atoms with Gasteiger partial charge in [0, 0.05) is 22.4 Å². The van der Waals surface area contributed by atoms with E-state index in [1.165, 1.54) is 41.8 Å². The van der Waals surface area contributed by atoms with Crippen LogP contribution in [0.3, 0.4) is 0 Å². The third-order valence-corrected chi connectivity index (χ3v) is 5.67. The molecule has 0 bridgehead atoms. The molecule has 4 rings (SSSR count). The van der Waals surface area contributed by atoms with Gasteiger partial charge in [-0.05, 0) is 60.6 Å². The number of aryl methyl sites for hydroxylation is 2. The number of benzene rings is 2. The molecule has 0 amide bonds. The highest BCUT2D eigenvalue weighted by molar-refractivity contribution is 8.00. The Morgan fingerprint density at radius 3 is 2.85 bits per heavy atom. The highest BCUT2D eigenvalue weighted by atomic mass is 32.2. The molecule has 1 heterocycles. The zero-order valence-corrected chi connectivity index (χ0v) is 12.4. The second-order valence-electron chi connectivity index (χ2n) is 5.77. The first kappa shape index (κ1) is 12.3. The minimum atomic E-state index is 0.667. The van der Waals surface area contributed by atoms with E-state index < -0.39 is 0 Å². The SMILES string of the molecule is c1ccc2c(c1)CC(CNc1ccc3c(c1)CCC3)S2. The summed E-state index contributed by atoms with van der Waals surface area (Å²) in [5, 5.41) is 4.30. The van der Waals surface area contributed by atoms with E-state index in [1.54, 1.807) is 11.1 Å². The molecular formula is C18H19NS.